The number of esters is 1. The molecule has 4 heteroatoms. The first kappa shape index (κ1) is 13.8. The fraction of sp³-hybridized carbons (Fsp3) is 0.294. The van der Waals surface area contributed by atoms with Crippen LogP contribution in [0.2, 0.25) is 0 Å². The van der Waals surface area contributed by atoms with Crippen molar-refractivity contribution in [3.8, 4) is 0 Å². The van der Waals surface area contributed by atoms with E-state index in [0.717, 1.165) is 12.1 Å². The van der Waals surface area contributed by atoms with Crippen LogP contribution in [0.3, 0.4) is 0 Å². The summed E-state index contributed by atoms with van der Waals surface area (Å²) >= 11 is 0. The van der Waals surface area contributed by atoms with E-state index in [0.29, 0.717) is 6.61 Å². The molecule has 0 bridgehead atoms. The molecule has 0 radical (unpaired) electrons. The molecule has 1 aromatic carbocycles. The molecular formula is C17H18N2O2. The quantitative estimate of drug-likeness (QED) is 0.624. The molecule has 1 fully saturated rings. The van der Waals surface area contributed by atoms with Gasteiger partial charge in [0.25, 0.3) is 0 Å². The number of rotatable bonds is 5. The first-order valence-electron chi connectivity index (χ1n) is 7.17. The number of nitrogens with zero attached hydrogens (tertiary/aromatic N) is 2. The van der Waals surface area contributed by atoms with Gasteiger partial charge >= 0.3 is 5.97 Å². The average Bonchev–Trinajstić information content (AvgIpc) is 3.23. The van der Waals surface area contributed by atoms with Gasteiger partial charge in [0, 0.05) is 18.9 Å². The highest BCUT2D eigenvalue weighted by Gasteiger charge is 2.54. The lowest BCUT2D eigenvalue weighted by Crippen LogP contribution is -2.16. The number of hydrogen-bond donors (Lipinski definition) is 0. The first-order valence-corrected chi connectivity index (χ1v) is 7.17. The summed E-state index contributed by atoms with van der Waals surface area (Å²) in [5, 5.41) is 0. The van der Waals surface area contributed by atoms with Crippen LogP contribution >= 0.6 is 0 Å². The van der Waals surface area contributed by atoms with Crippen LogP contribution in [-0.2, 0) is 16.1 Å². The largest absolute Gasteiger partial charge is 0.465 e. The van der Waals surface area contributed by atoms with Gasteiger partial charge in [0.15, 0.2) is 0 Å². The Morgan fingerprint density at radius 3 is 2.71 bits per heavy atom. The molecule has 3 atom stereocenters. The zero-order valence-corrected chi connectivity index (χ0v) is 12.0. The Labute approximate surface area is 124 Å². The van der Waals surface area contributed by atoms with E-state index >= 15 is 0 Å². The Kier molecular flexibility index (Phi) is 3.97. The SMILES string of the molecule is CCOC(=O)C1C(c2cccnc2)N1Cc1ccccc1. The van der Waals surface area contributed by atoms with Crippen molar-refractivity contribution in [2.75, 3.05) is 6.61 Å². The minimum Gasteiger partial charge on any atom is -0.465 e. The Hall–Kier alpha value is -2.20. The number of aromatic nitrogens is 1. The first-order chi connectivity index (χ1) is 10.3. The highest BCUT2D eigenvalue weighted by Crippen LogP contribution is 2.44. The lowest BCUT2D eigenvalue weighted by Gasteiger charge is -2.04. The summed E-state index contributed by atoms with van der Waals surface area (Å²) in [6, 6.07) is 13.9. The maximum atomic E-state index is 12.1. The number of hydrogen-bond acceptors (Lipinski definition) is 4. The van der Waals surface area contributed by atoms with Crippen LogP contribution in [0, 0.1) is 0 Å². The topological polar surface area (TPSA) is 42.2 Å². The zero-order valence-electron chi connectivity index (χ0n) is 12.0. The van der Waals surface area contributed by atoms with E-state index in [1.807, 2.05) is 43.5 Å². The van der Waals surface area contributed by atoms with Crippen LogP contribution < -0.4 is 0 Å². The predicted molar refractivity (Wildman–Crippen MR) is 79.4 cm³/mol. The predicted octanol–water partition coefficient (Wildman–Crippen LogP) is 2.57. The van der Waals surface area contributed by atoms with Crippen molar-refractivity contribution in [3.63, 3.8) is 0 Å². The van der Waals surface area contributed by atoms with Crippen molar-refractivity contribution < 1.29 is 9.53 Å². The van der Waals surface area contributed by atoms with Gasteiger partial charge in [-0.25, -0.2) is 0 Å². The summed E-state index contributed by atoms with van der Waals surface area (Å²) in [4.78, 5) is 18.4. The second-order valence-electron chi connectivity index (χ2n) is 5.09. The number of benzene rings is 1. The van der Waals surface area contributed by atoms with Crippen molar-refractivity contribution in [1.82, 2.24) is 9.88 Å². The molecular weight excluding hydrogens is 264 g/mol. The third kappa shape index (κ3) is 2.95. The highest BCUT2D eigenvalue weighted by molar-refractivity contribution is 5.80. The third-order valence-electron chi connectivity index (χ3n) is 3.69. The molecule has 108 valence electrons. The number of ether oxygens (including phenoxy) is 1. The van der Waals surface area contributed by atoms with Crippen LogP contribution in [0.4, 0.5) is 0 Å². The lowest BCUT2D eigenvalue weighted by atomic mass is 10.1. The van der Waals surface area contributed by atoms with Gasteiger partial charge in [-0.2, -0.15) is 0 Å². The normalized spacial score (nSPS) is 23.6. The summed E-state index contributed by atoms with van der Waals surface area (Å²) < 4.78 is 5.18. The van der Waals surface area contributed by atoms with E-state index in [2.05, 4.69) is 22.0 Å². The standard InChI is InChI=1S/C17H18N2O2/c1-2-21-17(20)16-15(14-9-6-10-18-11-14)19(16)12-13-7-4-3-5-8-13/h3-11,15-16H,2,12H2,1H3. The molecule has 2 heterocycles. The molecule has 0 spiro atoms. The Bertz CT molecular complexity index is 601. The highest BCUT2D eigenvalue weighted by atomic mass is 16.5. The smallest absolute Gasteiger partial charge is 0.325 e. The summed E-state index contributed by atoms with van der Waals surface area (Å²) in [5.74, 6) is -0.151. The second kappa shape index (κ2) is 6.06. The summed E-state index contributed by atoms with van der Waals surface area (Å²) in [5.41, 5.74) is 2.25. The summed E-state index contributed by atoms with van der Waals surface area (Å²) in [7, 11) is 0. The summed E-state index contributed by atoms with van der Waals surface area (Å²) in [6.07, 6.45) is 3.56. The fourth-order valence-electron chi connectivity index (χ4n) is 2.68. The van der Waals surface area contributed by atoms with Crippen molar-refractivity contribution in [1.29, 1.82) is 0 Å². The molecule has 2 aromatic rings. The summed E-state index contributed by atoms with van der Waals surface area (Å²) in [6.45, 7) is 2.99. The molecule has 21 heavy (non-hydrogen) atoms. The maximum Gasteiger partial charge on any atom is 0.325 e. The average molecular weight is 282 g/mol. The molecule has 0 aliphatic carbocycles. The molecule has 1 aliphatic heterocycles. The van der Waals surface area contributed by atoms with Gasteiger partial charge in [-0.1, -0.05) is 36.4 Å². The van der Waals surface area contributed by atoms with Crippen molar-refractivity contribution in [2.45, 2.75) is 25.6 Å². The number of pyridine rings is 1. The second-order valence-corrected chi connectivity index (χ2v) is 5.09. The van der Waals surface area contributed by atoms with E-state index in [9.17, 15) is 4.79 Å². The van der Waals surface area contributed by atoms with Gasteiger partial charge in [0.1, 0.15) is 6.04 Å². The Morgan fingerprint density at radius 2 is 2.05 bits per heavy atom. The van der Waals surface area contributed by atoms with Crippen LogP contribution in [0.1, 0.15) is 24.1 Å². The van der Waals surface area contributed by atoms with E-state index in [1.165, 1.54) is 5.56 Å². The van der Waals surface area contributed by atoms with Gasteiger partial charge in [-0.3, -0.25) is 14.7 Å². The van der Waals surface area contributed by atoms with Crippen LogP contribution in [0.5, 0.6) is 0 Å². The Balaban J connectivity index is 1.78. The van der Waals surface area contributed by atoms with Crippen LogP contribution in [0.15, 0.2) is 54.9 Å². The fourth-order valence-corrected chi connectivity index (χ4v) is 2.68. The molecule has 1 saturated heterocycles. The van der Waals surface area contributed by atoms with Gasteiger partial charge < -0.3 is 4.74 Å². The third-order valence-corrected chi connectivity index (χ3v) is 3.69. The zero-order chi connectivity index (χ0) is 14.7. The minimum atomic E-state index is -0.200. The van der Waals surface area contributed by atoms with Crippen molar-refractivity contribution >= 4 is 5.97 Å². The minimum absolute atomic E-state index is 0.0676. The van der Waals surface area contributed by atoms with Gasteiger partial charge in [-0.15, -0.1) is 0 Å². The molecule has 0 amide bonds. The molecule has 0 saturated carbocycles. The number of carbonyl (C=O) groups excluding carboxylic acids is 1. The van der Waals surface area contributed by atoms with Crippen molar-refractivity contribution in [2.24, 2.45) is 0 Å². The molecule has 3 unspecified atom stereocenters. The van der Waals surface area contributed by atoms with E-state index in [4.69, 9.17) is 4.74 Å². The van der Waals surface area contributed by atoms with E-state index in [1.54, 1.807) is 6.20 Å². The molecule has 0 N–H and O–H groups in total. The number of carbonyl (C=O) groups is 1. The maximum absolute atomic E-state index is 12.1. The Morgan fingerprint density at radius 1 is 1.24 bits per heavy atom. The lowest BCUT2D eigenvalue weighted by molar-refractivity contribution is -0.143. The van der Waals surface area contributed by atoms with Gasteiger partial charge in [0.05, 0.1) is 12.6 Å². The molecule has 1 aliphatic rings. The van der Waals surface area contributed by atoms with E-state index in [-0.39, 0.29) is 18.1 Å². The van der Waals surface area contributed by atoms with Gasteiger partial charge in [-0.05, 0) is 24.1 Å². The monoisotopic (exact) mass is 282 g/mol. The van der Waals surface area contributed by atoms with Crippen LogP contribution in [0.25, 0.3) is 0 Å². The van der Waals surface area contributed by atoms with Gasteiger partial charge in [0.2, 0.25) is 0 Å². The van der Waals surface area contributed by atoms with Crippen molar-refractivity contribution in [3.05, 3.63) is 66.0 Å². The van der Waals surface area contributed by atoms with Crippen LogP contribution in [-0.4, -0.2) is 28.5 Å². The van der Waals surface area contributed by atoms with E-state index < -0.39 is 0 Å². The molecule has 3 rings (SSSR count). The molecule has 4 nitrogen and oxygen atoms in total. The molecule has 1 aromatic heterocycles.